The van der Waals surface area contributed by atoms with Crippen LogP contribution in [0.1, 0.15) is 16.2 Å². The van der Waals surface area contributed by atoms with E-state index in [-0.39, 0.29) is 12.5 Å². The maximum Gasteiger partial charge on any atom is 0.251 e. The number of rotatable bonds is 6. The number of hydrogen-bond donors (Lipinski definition) is 1. The third kappa shape index (κ3) is 5.08. The van der Waals surface area contributed by atoms with Crippen LogP contribution in [0.3, 0.4) is 0 Å². The predicted molar refractivity (Wildman–Crippen MR) is 107 cm³/mol. The summed E-state index contributed by atoms with van der Waals surface area (Å²) >= 11 is 1.64. The number of aromatic nitrogens is 3. The van der Waals surface area contributed by atoms with E-state index in [4.69, 9.17) is 4.74 Å². The first-order valence-electron chi connectivity index (χ1n) is 8.74. The zero-order chi connectivity index (χ0) is 19.2. The van der Waals surface area contributed by atoms with Gasteiger partial charge in [0, 0.05) is 37.6 Å². The van der Waals surface area contributed by atoms with Crippen LogP contribution in [0.25, 0.3) is 0 Å². The number of benzene rings is 1. The molecule has 1 fully saturated rings. The number of morpholine rings is 1. The van der Waals surface area contributed by atoms with Crippen LogP contribution in [-0.4, -0.2) is 67.5 Å². The molecule has 0 atom stereocenters. The number of ether oxygens (including phenoxy) is 1. The van der Waals surface area contributed by atoms with Crippen LogP contribution in [0.5, 0.6) is 0 Å². The third-order valence-corrected chi connectivity index (χ3v) is 4.85. The van der Waals surface area contributed by atoms with Crippen molar-refractivity contribution in [2.24, 2.45) is 0 Å². The Morgan fingerprint density at radius 3 is 2.52 bits per heavy atom. The van der Waals surface area contributed by atoms with Crippen molar-refractivity contribution >= 4 is 29.6 Å². The highest BCUT2D eigenvalue weighted by Gasteiger charge is 2.17. The van der Waals surface area contributed by atoms with Crippen LogP contribution >= 0.6 is 11.8 Å². The number of carbonyl (C=O) groups is 1. The molecule has 0 bridgehead atoms. The van der Waals surface area contributed by atoms with Crippen LogP contribution < -0.4 is 15.1 Å². The molecule has 3 rings (SSSR count). The summed E-state index contributed by atoms with van der Waals surface area (Å²) in [6, 6.07) is 7.50. The lowest BCUT2D eigenvalue weighted by atomic mass is 10.2. The largest absolute Gasteiger partial charge is 0.378 e. The Kier molecular flexibility index (Phi) is 6.46. The molecule has 0 unspecified atom stereocenters. The van der Waals surface area contributed by atoms with E-state index < -0.39 is 0 Å². The Morgan fingerprint density at radius 2 is 1.89 bits per heavy atom. The first-order chi connectivity index (χ1) is 13.1. The van der Waals surface area contributed by atoms with E-state index >= 15 is 0 Å². The van der Waals surface area contributed by atoms with Crippen molar-refractivity contribution in [1.29, 1.82) is 0 Å². The van der Waals surface area contributed by atoms with Crippen molar-refractivity contribution in [3.05, 3.63) is 35.7 Å². The molecule has 1 aliphatic rings. The highest BCUT2D eigenvalue weighted by Crippen LogP contribution is 2.16. The fraction of sp³-hybridized carbons (Fsp3) is 0.444. The van der Waals surface area contributed by atoms with E-state index in [2.05, 4.69) is 25.2 Å². The number of hydrogen-bond acceptors (Lipinski definition) is 8. The fourth-order valence-electron chi connectivity index (χ4n) is 2.58. The Labute approximate surface area is 163 Å². The van der Waals surface area contributed by atoms with Gasteiger partial charge in [0.15, 0.2) is 5.82 Å². The Bertz CT molecular complexity index is 778. The van der Waals surface area contributed by atoms with Gasteiger partial charge in [-0.1, -0.05) is 0 Å². The molecular formula is C18H24N6O2S. The second-order valence-corrected chi connectivity index (χ2v) is 7.14. The van der Waals surface area contributed by atoms with Gasteiger partial charge in [-0.15, -0.1) is 11.8 Å². The molecule has 144 valence electrons. The van der Waals surface area contributed by atoms with Crippen LogP contribution in [-0.2, 0) is 11.3 Å². The summed E-state index contributed by atoms with van der Waals surface area (Å²) in [5.74, 6) is 1.57. The van der Waals surface area contributed by atoms with Crippen LogP contribution in [0.2, 0.25) is 0 Å². The molecule has 0 saturated carbocycles. The van der Waals surface area contributed by atoms with Gasteiger partial charge in [0.1, 0.15) is 0 Å². The molecule has 2 heterocycles. The topological polar surface area (TPSA) is 83.5 Å². The van der Waals surface area contributed by atoms with Crippen molar-refractivity contribution in [1.82, 2.24) is 20.3 Å². The molecule has 0 spiro atoms. The summed E-state index contributed by atoms with van der Waals surface area (Å²) in [5, 5.41) is 2.89. The van der Waals surface area contributed by atoms with Crippen molar-refractivity contribution < 1.29 is 9.53 Å². The zero-order valence-electron chi connectivity index (χ0n) is 15.8. The van der Waals surface area contributed by atoms with Gasteiger partial charge in [-0.2, -0.15) is 15.0 Å². The van der Waals surface area contributed by atoms with Crippen molar-refractivity contribution in [2.75, 3.05) is 56.5 Å². The molecule has 8 nitrogen and oxygen atoms in total. The average Bonchev–Trinajstić information content (AvgIpc) is 2.72. The van der Waals surface area contributed by atoms with Gasteiger partial charge in [0.2, 0.25) is 11.9 Å². The van der Waals surface area contributed by atoms with Gasteiger partial charge in [-0.25, -0.2) is 0 Å². The minimum absolute atomic E-state index is 0.151. The Morgan fingerprint density at radius 1 is 1.19 bits per heavy atom. The summed E-state index contributed by atoms with van der Waals surface area (Å²) in [6.07, 6.45) is 2.00. The number of carbonyl (C=O) groups excluding carboxylic acids is 1. The van der Waals surface area contributed by atoms with Crippen molar-refractivity contribution in [2.45, 2.75) is 11.4 Å². The number of nitrogens with zero attached hydrogens (tertiary/aromatic N) is 5. The summed E-state index contributed by atoms with van der Waals surface area (Å²) in [4.78, 5) is 30.9. The average molecular weight is 388 g/mol. The second kappa shape index (κ2) is 9.01. The van der Waals surface area contributed by atoms with Crippen molar-refractivity contribution in [3.63, 3.8) is 0 Å². The molecule has 1 saturated heterocycles. The lowest BCUT2D eigenvalue weighted by Crippen LogP contribution is -2.38. The van der Waals surface area contributed by atoms with Crippen LogP contribution in [0, 0.1) is 0 Å². The molecule has 0 radical (unpaired) electrons. The van der Waals surface area contributed by atoms with E-state index in [1.54, 1.807) is 11.8 Å². The third-order valence-electron chi connectivity index (χ3n) is 4.11. The molecule has 0 aliphatic carbocycles. The van der Waals surface area contributed by atoms with E-state index in [9.17, 15) is 4.79 Å². The molecule has 1 aliphatic heterocycles. The lowest BCUT2D eigenvalue weighted by molar-refractivity contribution is 0.0949. The van der Waals surface area contributed by atoms with Crippen LogP contribution in [0.4, 0.5) is 11.9 Å². The summed E-state index contributed by atoms with van der Waals surface area (Å²) in [5.41, 5.74) is 0.614. The molecular weight excluding hydrogens is 364 g/mol. The van der Waals surface area contributed by atoms with E-state index in [0.29, 0.717) is 36.5 Å². The summed E-state index contributed by atoms with van der Waals surface area (Å²) < 4.78 is 5.39. The molecule has 1 aromatic carbocycles. The van der Waals surface area contributed by atoms with Gasteiger partial charge in [0.25, 0.3) is 5.91 Å². The lowest BCUT2D eigenvalue weighted by Gasteiger charge is -2.27. The van der Waals surface area contributed by atoms with Gasteiger partial charge in [-0.3, -0.25) is 4.79 Å². The maximum absolute atomic E-state index is 12.4. The summed E-state index contributed by atoms with van der Waals surface area (Å²) in [6.45, 7) is 3.03. The number of amides is 1. The van der Waals surface area contributed by atoms with Gasteiger partial charge >= 0.3 is 0 Å². The Hall–Kier alpha value is -2.39. The number of thioether (sulfide) groups is 1. The highest BCUT2D eigenvalue weighted by atomic mass is 32.2. The minimum Gasteiger partial charge on any atom is -0.378 e. The van der Waals surface area contributed by atoms with Crippen molar-refractivity contribution in [3.8, 4) is 0 Å². The second-order valence-electron chi connectivity index (χ2n) is 6.26. The molecule has 9 heteroatoms. The van der Waals surface area contributed by atoms with Gasteiger partial charge < -0.3 is 19.9 Å². The number of nitrogens with one attached hydrogen (secondary N) is 1. The monoisotopic (exact) mass is 388 g/mol. The highest BCUT2D eigenvalue weighted by molar-refractivity contribution is 7.98. The standard InChI is InChI=1S/C18H24N6O2S/c1-23(2)17-20-15(21-18(22-17)24-8-10-26-11-9-24)12-19-16(25)13-4-6-14(27-3)7-5-13/h4-7H,8-12H2,1-3H3,(H,19,25). The zero-order valence-corrected chi connectivity index (χ0v) is 16.6. The minimum atomic E-state index is -0.151. The molecule has 2 aromatic rings. The molecule has 1 aromatic heterocycles. The molecule has 27 heavy (non-hydrogen) atoms. The number of anilines is 2. The van der Waals surface area contributed by atoms with Crippen LogP contribution in [0.15, 0.2) is 29.2 Å². The van der Waals surface area contributed by atoms with E-state index in [1.807, 2.05) is 49.5 Å². The van der Waals surface area contributed by atoms with E-state index in [1.165, 1.54) is 0 Å². The SMILES string of the molecule is CSc1ccc(C(=O)NCc2nc(N(C)C)nc(N3CCOCC3)n2)cc1. The smallest absolute Gasteiger partial charge is 0.251 e. The van der Waals surface area contributed by atoms with E-state index in [0.717, 1.165) is 18.0 Å². The first-order valence-corrected chi connectivity index (χ1v) is 9.96. The summed E-state index contributed by atoms with van der Waals surface area (Å²) in [7, 11) is 3.77. The van der Waals surface area contributed by atoms with Gasteiger partial charge in [0.05, 0.1) is 19.8 Å². The Balaban J connectivity index is 1.72. The molecule has 1 N–H and O–H groups in total. The normalized spacial score (nSPS) is 14.1. The predicted octanol–water partition coefficient (Wildman–Crippen LogP) is 1.43. The first kappa shape index (κ1) is 19.4. The fourth-order valence-corrected chi connectivity index (χ4v) is 2.99. The van der Waals surface area contributed by atoms with Gasteiger partial charge in [-0.05, 0) is 30.5 Å². The quantitative estimate of drug-likeness (QED) is 0.744. The maximum atomic E-state index is 12.4. The molecule has 1 amide bonds.